The number of nitrogens with zero attached hydrogens (tertiary/aromatic N) is 11. The number of methoxy groups -OCH3 is 2. The van der Waals surface area contributed by atoms with Crippen LogP contribution in [0.2, 0.25) is 0 Å². The molecule has 0 radical (unpaired) electrons. The number of rotatable bonds is 9. The zero-order chi connectivity index (χ0) is 57.4. The molecule has 6 N–H and O–H groups in total. The lowest BCUT2D eigenvalue weighted by molar-refractivity contribution is 0.186. The van der Waals surface area contributed by atoms with E-state index in [-0.39, 0.29) is 95.8 Å². The number of aromatic amines is 1. The van der Waals surface area contributed by atoms with Crippen molar-refractivity contribution in [1.82, 2.24) is 59.0 Å². The quantitative estimate of drug-likeness (QED) is 0.0982. The maximum Gasteiger partial charge on any atom is 0.269 e. The smallest absolute Gasteiger partial charge is 0.269 e. The number of ether oxygens (including phenoxy) is 2. The van der Waals surface area contributed by atoms with Gasteiger partial charge in [-0.05, 0) is 86.6 Å². The van der Waals surface area contributed by atoms with Crippen LogP contribution in [0, 0.1) is 34.9 Å². The van der Waals surface area contributed by atoms with Crippen molar-refractivity contribution in [2.24, 2.45) is 0 Å². The molecule has 0 aliphatic heterocycles. The van der Waals surface area contributed by atoms with Crippen LogP contribution in [0.25, 0.3) is 77.8 Å². The van der Waals surface area contributed by atoms with Crippen LogP contribution in [0.3, 0.4) is 0 Å². The third-order valence-electron chi connectivity index (χ3n) is 12.8. The van der Waals surface area contributed by atoms with Crippen molar-refractivity contribution >= 4 is 55.5 Å². The molecule has 0 fully saturated rings. The van der Waals surface area contributed by atoms with E-state index in [1.807, 2.05) is 6.07 Å². The molecule has 81 heavy (non-hydrogen) atoms. The van der Waals surface area contributed by atoms with Crippen LogP contribution in [0.5, 0.6) is 11.5 Å². The lowest BCUT2D eigenvalue weighted by Crippen LogP contribution is -2.28. The van der Waals surface area contributed by atoms with Crippen molar-refractivity contribution in [3.63, 3.8) is 0 Å². The van der Waals surface area contributed by atoms with Gasteiger partial charge in [0.1, 0.15) is 76.2 Å². The maximum absolute atomic E-state index is 15.2. The monoisotopic (exact) mass is 1100 g/mol. The summed E-state index contributed by atoms with van der Waals surface area (Å²) in [5.74, 6) is -5.80. The fourth-order valence-electron chi connectivity index (χ4n) is 9.02. The number of hydrogen-bond donors (Lipinski definition) is 4. The molecule has 6 aromatic heterocycles. The Morgan fingerprint density at radius 1 is 0.556 bits per heavy atom. The predicted molar refractivity (Wildman–Crippen MR) is 289 cm³/mol. The van der Waals surface area contributed by atoms with Gasteiger partial charge in [0, 0.05) is 11.1 Å². The van der Waals surface area contributed by atoms with E-state index in [2.05, 4.69) is 45.2 Å². The lowest BCUT2D eigenvalue weighted by atomic mass is 10.1. The van der Waals surface area contributed by atoms with E-state index in [9.17, 15) is 36.6 Å². The van der Waals surface area contributed by atoms with Gasteiger partial charge in [-0.2, -0.15) is 19.0 Å². The highest BCUT2D eigenvalue weighted by Gasteiger charge is 2.29. The summed E-state index contributed by atoms with van der Waals surface area (Å²) in [6.45, 7) is 3.22. The largest absolute Gasteiger partial charge is 0.494 e. The average Bonchev–Trinajstić information content (AvgIpc) is 4.11. The number of anilines is 2. The fourth-order valence-corrected chi connectivity index (χ4v) is 9.02. The minimum atomic E-state index is -1.19. The first kappa shape index (κ1) is 53.8. The van der Waals surface area contributed by atoms with Gasteiger partial charge in [-0.15, -0.1) is 0 Å². The number of H-pyrrole nitrogens is 1. The first-order valence-electron chi connectivity index (χ1n) is 24.2. The second-order valence-corrected chi connectivity index (χ2v) is 17.7. The van der Waals surface area contributed by atoms with E-state index in [0.29, 0.717) is 16.8 Å². The first-order chi connectivity index (χ1) is 39.0. The first-order valence-corrected chi connectivity index (χ1v) is 24.2. The van der Waals surface area contributed by atoms with Crippen molar-refractivity contribution in [2.45, 2.75) is 26.0 Å². The minimum Gasteiger partial charge on any atom is -0.494 e. The van der Waals surface area contributed by atoms with Gasteiger partial charge >= 0.3 is 0 Å². The molecule has 6 aromatic carbocycles. The fraction of sp³-hybridized carbons (Fsp3) is 0.107. The third kappa shape index (κ3) is 9.70. The lowest BCUT2D eigenvalue weighted by Gasteiger charge is -2.19. The van der Waals surface area contributed by atoms with E-state index in [1.54, 1.807) is 67.6 Å². The van der Waals surface area contributed by atoms with Gasteiger partial charge in [0.25, 0.3) is 11.1 Å². The molecule has 12 rings (SSSR count). The molecular formula is C56H42F6N14O5. The number of para-hydroxylation sites is 2. The molecule has 0 unspecified atom stereocenters. The normalized spacial score (nSPS) is 12.0. The number of halogens is 6. The highest BCUT2D eigenvalue weighted by molar-refractivity contribution is 5.99. The number of nitrogen functional groups attached to an aromatic ring is 2. The third-order valence-corrected chi connectivity index (χ3v) is 12.8. The summed E-state index contributed by atoms with van der Waals surface area (Å²) < 4.78 is 100. The number of aliphatic hydroxyl groups excluding tert-OH is 1. The molecule has 0 saturated carbocycles. The van der Waals surface area contributed by atoms with Crippen molar-refractivity contribution in [1.29, 1.82) is 0 Å². The molecule has 0 saturated heterocycles. The van der Waals surface area contributed by atoms with Crippen LogP contribution in [0.4, 0.5) is 38.0 Å². The Balaban J connectivity index is 0.000000151. The summed E-state index contributed by atoms with van der Waals surface area (Å²) in [5, 5.41) is 21.2. The van der Waals surface area contributed by atoms with Gasteiger partial charge in [0.05, 0.1) is 53.1 Å². The molecular weight excluding hydrogens is 1060 g/mol. The highest BCUT2D eigenvalue weighted by atomic mass is 19.2. The Labute approximate surface area is 452 Å². The summed E-state index contributed by atoms with van der Waals surface area (Å²) in [6, 6.07) is 30.3. The van der Waals surface area contributed by atoms with Crippen LogP contribution >= 0.6 is 0 Å². The van der Waals surface area contributed by atoms with Crippen LogP contribution in [-0.2, 0) is 0 Å². The van der Waals surface area contributed by atoms with Crippen molar-refractivity contribution in [2.75, 3.05) is 25.7 Å². The Morgan fingerprint density at radius 3 is 1.59 bits per heavy atom. The van der Waals surface area contributed by atoms with E-state index in [4.69, 9.17) is 20.9 Å². The zero-order valence-electron chi connectivity index (χ0n) is 42.8. The molecule has 0 bridgehead atoms. The highest BCUT2D eigenvalue weighted by Crippen LogP contribution is 2.38. The van der Waals surface area contributed by atoms with Crippen LogP contribution < -0.4 is 32.1 Å². The van der Waals surface area contributed by atoms with Gasteiger partial charge in [0.2, 0.25) is 11.6 Å². The summed E-state index contributed by atoms with van der Waals surface area (Å²) >= 11 is 0. The molecule has 2 atom stereocenters. The molecule has 0 spiro atoms. The number of nitrogens with one attached hydrogen (secondary N) is 1. The second-order valence-electron chi connectivity index (χ2n) is 17.7. The molecule has 0 amide bonds. The van der Waals surface area contributed by atoms with Crippen molar-refractivity contribution < 1.29 is 40.9 Å². The molecule has 408 valence electrons. The molecule has 6 heterocycles. The Kier molecular flexibility index (Phi) is 14.7. The van der Waals surface area contributed by atoms with E-state index in [0.717, 1.165) is 0 Å². The van der Waals surface area contributed by atoms with Gasteiger partial charge in [-0.3, -0.25) is 23.8 Å². The molecule has 12 aromatic rings. The molecule has 19 nitrogen and oxygen atoms in total. The van der Waals surface area contributed by atoms with Crippen LogP contribution in [0.1, 0.15) is 37.6 Å². The SMILES string of the molecule is COc1ccc(-c2[nH]nc3ncnc(N)c23)c(F)c1F.COc1ccc(-c2nn([C@@H](C)c3nc4cccc(F)c4c(=O)n3-c3ccccc3)c3ncnc(N)c23)c(F)c1F.C[C@@H](O)c1nc2cccc(F)c2c(=O)n1-c1ccccc1. The van der Waals surface area contributed by atoms with E-state index < -0.39 is 58.2 Å². The molecule has 0 aliphatic carbocycles. The molecule has 25 heteroatoms. The van der Waals surface area contributed by atoms with Crippen molar-refractivity contribution in [3.05, 3.63) is 201 Å². The Hall–Kier alpha value is -10.6. The summed E-state index contributed by atoms with van der Waals surface area (Å²) in [4.78, 5) is 51.3. The van der Waals surface area contributed by atoms with Gasteiger partial charge in [-0.1, -0.05) is 48.5 Å². The number of hydrogen-bond acceptors (Lipinski definition) is 15. The standard InChI is InChI=1S/C28H20F3N7O2.C16H13FN2O2.C12H9F2N5O/c1-14(26-35-18-10-6-9-17(29)20(18)28(39)37(26)15-7-4-3-5-8-15)38-27-21(25(32)33-13-34-27)24(36-38)16-11-12-19(40-2)23(31)22(16)30;1-10(20)15-18-13-9-5-8-12(17)14(13)16(21)19(15)11-6-3-2-4-7-11;1-20-6-3-2-5(8(13)9(6)14)10-7-11(15)16-4-17-12(7)19-18-10/h3-14H,1-2H3,(H2,32,33,34);2-10,20H,1H3;2-4H,1H3,(H3,15,16,17,18,19)/t14-;10-;/m01./s1. The van der Waals surface area contributed by atoms with Gasteiger partial charge < -0.3 is 26.0 Å². The number of nitrogens with two attached hydrogens (primary N) is 2. The number of aliphatic hydroxyl groups is 1. The average molecular weight is 1110 g/mol. The summed E-state index contributed by atoms with van der Waals surface area (Å²) in [7, 11) is 2.48. The van der Waals surface area contributed by atoms with Crippen molar-refractivity contribution in [3.8, 4) is 45.4 Å². The topological polar surface area (TPSA) is 259 Å². The minimum absolute atomic E-state index is 0.0110. The molecule has 0 aliphatic rings. The van der Waals surface area contributed by atoms with Gasteiger partial charge in [0.15, 0.2) is 34.4 Å². The predicted octanol–water partition coefficient (Wildman–Crippen LogP) is 9.28. The van der Waals surface area contributed by atoms with Crippen LogP contribution in [0.15, 0.2) is 144 Å². The summed E-state index contributed by atoms with van der Waals surface area (Å²) in [5.41, 5.74) is 12.6. The van der Waals surface area contributed by atoms with E-state index >= 15 is 4.39 Å². The maximum atomic E-state index is 15.2. The Morgan fingerprint density at radius 2 is 1.05 bits per heavy atom. The zero-order valence-corrected chi connectivity index (χ0v) is 42.8. The number of aromatic nitrogens is 12. The number of benzene rings is 6. The van der Waals surface area contributed by atoms with Crippen LogP contribution in [-0.4, -0.2) is 78.3 Å². The van der Waals surface area contributed by atoms with Gasteiger partial charge in [-0.25, -0.2) is 52.1 Å². The number of fused-ring (bicyclic) bond motifs is 4. The van der Waals surface area contributed by atoms with E-state index in [1.165, 1.54) is 102 Å². The second kappa shape index (κ2) is 22.1. The summed E-state index contributed by atoms with van der Waals surface area (Å²) in [6.07, 6.45) is 1.50. The Bertz CT molecular complexity index is 4500.